The van der Waals surface area contributed by atoms with Crippen LogP contribution < -0.4 is 10.2 Å². The number of amides is 2. The molecule has 0 radical (unpaired) electrons. The van der Waals surface area contributed by atoms with Gasteiger partial charge >= 0.3 is 0 Å². The van der Waals surface area contributed by atoms with E-state index in [-0.39, 0.29) is 17.7 Å². The molecule has 1 fully saturated rings. The van der Waals surface area contributed by atoms with E-state index in [0.717, 1.165) is 36.9 Å². The molecule has 0 heterocycles. The smallest absolute Gasteiger partial charge is 0.223 e. The van der Waals surface area contributed by atoms with Crippen LogP contribution in [0.15, 0.2) is 24.3 Å². The minimum absolute atomic E-state index is 0.00113. The fraction of sp³-hybridized carbons (Fsp3) is 0.556. The van der Waals surface area contributed by atoms with Crippen LogP contribution in [0.3, 0.4) is 0 Å². The third-order valence-corrected chi connectivity index (χ3v) is 4.40. The van der Waals surface area contributed by atoms with Crippen molar-refractivity contribution in [2.24, 2.45) is 5.92 Å². The average molecular weight is 302 g/mol. The van der Waals surface area contributed by atoms with E-state index in [4.69, 9.17) is 0 Å². The van der Waals surface area contributed by atoms with Crippen LogP contribution in [0.2, 0.25) is 0 Å². The first kappa shape index (κ1) is 16.5. The van der Waals surface area contributed by atoms with Gasteiger partial charge in [0.25, 0.3) is 0 Å². The molecule has 0 unspecified atom stereocenters. The molecule has 1 aromatic rings. The third kappa shape index (κ3) is 4.33. The first-order chi connectivity index (χ1) is 10.6. The summed E-state index contributed by atoms with van der Waals surface area (Å²) in [7, 11) is 0. The van der Waals surface area contributed by atoms with Crippen molar-refractivity contribution in [2.75, 3.05) is 18.0 Å². The summed E-state index contributed by atoms with van der Waals surface area (Å²) in [5, 5.41) is 2.99. The first-order valence-corrected chi connectivity index (χ1v) is 8.21. The van der Waals surface area contributed by atoms with E-state index in [0.29, 0.717) is 13.1 Å². The van der Waals surface area contributed by atoms with Crippen molar-refractivity contribution >= 4 is 17.5 Å². The number of carbonyl (C=O) groups is 2. The molecule has 0 aromatic heterocycles. The number of hydrogen-bond donors (Lipinski definition) is 1. The fourth-order valence-electron chi connectivity index (χ4n) is 3.11. The lowest BCUT2D eigenvalue weighted by Crippen LogP contribution is -2.40. The van der Waals surface area contributed by atoms with Gasteiger partial charge in [-0.3, -0.25) is 9.59 Å². The van der Waals surface area contributed by atoms with Crippen molar-refractivity contribution in [3.05, 3.63) is 29.8 Å². The SMILES string of the molecule is CC(=O)N(CCNC(=O)C1CCCCC1)c1ccccc1C. The maximum atomic E-state index is 12.1. The molecule has 0 spiro atoms. The van der Waals surface area contributed by atoms with Crippen molar-refractivity contribution in [2.45, 2.75) is 46.0 Å². The molecule has 0 saturated heterocycles. The van der Waals surface area contributed by atoms with Gasteiger partial charge in [0.15, 0.2) is 0 Å². The molecule has 2 rings (SSSR count). The van der Waals surface area contributed by atoms with Crippen LogP contribution in [0.5, 0.6) is 0 Å². The van der Waals surface area contributed by atoms with Crippen LogP contribution in [0.25, 0.3) is 0 Å². The van der Waals surface area contributed by atoms with Crippen LogP contribution in [0.1, 0.15) is 44.6 Å². The molecular formula is C18H26N2O2. The van der Waals surface area contributed by atoms with E-state index >= 15 is 0 Å². The Morgan fingerprint density at radius 1 is 1.18 bits per heavy atom. The number of nitrogens with zero attached hydrogens (tertiary/aromatic N) is 1. The summed E-state index contributed by atoms with van der Waals surface area (Å²) >= 11 is 0. The molecule has 1 aromatic carbocycles. The number of anilines is 1. The largest absolute Gasteiger partial charge is 0.354 e. The van der Waals surface area contributed by atoms with Crippen LogP contribution >= 0.6 is 0 Å². The topological polar surface area (TPSA) is 49.4 Å². The van der Waals surface area contributed by atoms with Gasteiger partial charge < -0.3 is 10.2 Å². The van der Waals surface area contributed by atoms with E-state index in [9.17, 15) is 9.59 Å². The molecule has 0 atom stereocenters. The summed E-state index contributed by atoms with van der Waals surface area (Å²) in [6, 6.07) is 7.83. The lowest BCUT2D eigenvalue weighted by atomic mass is 9.89. The number of benzene rings is 1. The van der Waals surface area contributed by atoms with Gasteiger partial charge in [0, 0.05) is 31.6 Å². The average Bonchev–Trinajstić information content (AvgIpc) is 2.53. The van der Waals surface area contributed by atoms with Gasteiger partial charge in [-0.25, -0.2) is 0 Å². The minimum atomic E-state index is 0.00113. The number of aryl methyl sites for hydroxylation is 1. The van der Waals surface area contributed by atoms with Crippen LogP contribution in [0, 0.1) is 12.8 Å². The van der Waals surface area contributed by atoms with Crippen LogP contribution in [-0.4, -0.2) is 24.9 Å². The molecule has 4 heteroatoms. The second-order valence-electron chi connectivity index (χ2n) is 6.08. The summed E-state index contributed by atoms with van der Waals surface area (Å²) in [4.78, 5) is 25.8. The quantitative estimate of drug-likeness (QED) is 0.909. The van der Waals surface area contributed by atoms with Gasteiger partial charge in [-0.2, -0.15) is 0 Å². The maximum Gasteiger partial charge on any atom is 0.223 e. The first-order valence-electron chi connectivity index (χ1n) is 8.21. The molecule has 1 saturated carbocycles. The second kappa shape index (κ2) is 7.97. The third-order valence-electron chi connectivity index (χ3n) is 4.40. The van der Waals surface area contributed by atoms with Crippen molar-refractivity contribution in [1.29, 1.82) is 0 Å². The van der Waals surface area contributed by atoms with Gasteiger partial charge in [0.2, 0.25) is 11.8 Å². The Labute approximate surface area is 132 Å². The molecule has 120 valence electrons. The van der Waals surface area contributed by atoms with E-state index in [1.165, 1.54) is 6.42 Å². The Balaban J connectivity index is 1.88. The Morgan fingerprint density at radius 3 is 2.50 bits per heavy atom. The van der Waals surface area contributed by atoms with Crippen molar-refractivity contribution in [3.63, 3.8) is 0 Å². The van der Waals surface area contributed by atoms with Crippen LogP contribution in [-0.2, 0) is 9.59 Å². The van der Waals surface area contributed by atoms with E-state index < -0.39 is 0 Å². The fourth-order valence-corrected chi connectivity index (χ4v) is 3.11. The molecule has 0 aliphatic heterocycles. The molecule has 1 aliphatic rings. The Bertz CT molecular complexity index is 522. The second-order valence-corrected chi connectivity index (χ2v) is 6.08. The van der Waals surface area contributed by atoms with Gasteiger partial charge in [-0.15, -0.1) is 0 Å². The standard InChI is InChI=1S/C18H26N2O2/c1-14-8-6-7-11-17(14)20(15(2)21)13-12-19-18(22)16-9-4-3-5-10-16/h6-8,11,16H,3-5,9-10,12-13H2,1-2H3,(H,19,22). The molecule has 4 nitrogen and oxygen atoms in total. The lowest BCUT2D eigenvalue weighted by Gasteiger charge is -2.25. The van der Waals surface area contributed by atoms with E-state index in [1.54, 1.807) is 11.8 Å². The van der Waals surface area contributed by atoms with E-state index in [2.05, 4.69) is 5.32 Å². The number of carbonyl (C=O) groups excluding carboxylic acids is 2. The molecule has 0 bridgehead atoms. The Hall–Kier alpha value is -1.84. The lowest BCUT2D eigenvalue weighted by molar-refractivity contribution is -0.126. The molecule has 2 amide bonds. The summed E-state index contributed by atoms with van der Waals surface area (Å²) < 4.78 is 0. The van der Waals surface area contributed by atoms with Crippen molar-refractivity contribution in [3.8, 4) is 0 Å². The maximum absolute atomic E-state index is 12.1. The highest BCUT2D eigenvalue weighted by Crippen LogP contribution is 2.23. The highest BCUT2D eigenvalue weighted by Gasteiger charge is 2.21. The number of hydrogen-bond acceptors (Lipinski definition) is 2. The summed E-state index contributed by atoms with van der Waals surface area (Å²) in [5.74, 6) is 0.312. The van der Waals surface area contributed by atoms with Gasteiger partial charge in [-0.1, -0.05) is 37.5 Å². The normalized spacial score (nSPS) is 15.4. The minimum Gasteiger partial charge on any atom is -0.354 e. The predicted octanol–water partition coefficient (Wildman–Crippen LogP) is 3.04. The number of rotatable bonds is 5. The van der Waals surface area contributed by atoms with Gasteiger partial charge in [-0.05, 0) is 31.4 Å². The number of para-hydroxylation sites is 1. The molecular weight excluding hydrogens is 276 g/mol. The zero-order chi connectivity index (χ0) is 15.9. The zero-order valence-corrected chi connectivity index (χ0v) is 13.6. The van der Waals surface area contributed by atoms with Crippen LogP contribution in [0.4, 0.5) is 5.69 Å². The Morgan fingerprint density at radius 2 is 1.86 bits per heavy atom. The summed E-state index contributed by atoms with van der Waals surface area (Å²) in [6.07, 6.45) is 5.55. The highest BCUT2D eigenvalue weighted by atomic mass is 16.2. The predicted molar refractivity (Wildman–Crippen MR) is 88.8 cm³/mol. The summed E-state index contributed by atoms with van der Waals surface area (Å²) in [5.41, 5.74) is 1.98. The highest BCUT2D eigenvalue weighted by molar-refractivity contribution is 5.92. The van der Waals surface area contributed by atoms with Gasteiger partial charge in [0.05, 0.1) is 0 Å². The molecule has 1 N–H and O–H groups in total. The monoisotopic (exact) mass is 302 g/mol. The molecule has 1 aliphatic carbocycles. The Kier molecular flexibility index (Phi) is 5.99. The van der Waals surface area contributed by atoms with E-state index in [1.807, 2.05) is 31.2 Å². The van der Waals surface area contributed by atoms with Crippen molar-refractivity contribution < 1.29 is 9.59 Å². The van der Waals surface area contributed by atoms with Crippen molar-refractivity contribution in [1.82, 2.24) is 5.32 Å². The molecule has 22 heavy (non-hydrogen) atoms. The van der Waals surface area contributed by atoms with Gasteiger partial charge in [0.1, 0.15) is 0 Å². The summed E-state index contributed by atoms with van der Waals surface area (Å²) in [6.45, 7) is 4.57. The number of nitrogens with one attached hydrogen (secondary N) is 1. The zero-order valence-electron chi connectivity index (χ0n) is 13.6.